The fourth-order valence-corrected chi connectivity index (χ4v) is 10.3. The van der Waals surface area contributed by atoms with Crippen molar-refractivity contribution in [3.63, 3.8) is 0 Å². The molecule has 3 aliphatic rings. The number of terminal acetylenes is 2. The molecule has 16 heteroatoms. The van der Waals surface area contributed by atoms with Gasteiger partial charge in [0.15, 0.2) is 0 Å². The Morgan fingerprint density at radius 1 is 0.721 bits per heavy atom. The molecule has 4 amide bonds. The Morgan fingerprint density at radius 3 is 1.75 bits per heavy atom. The zero-order chi connectivity index (χ0) is 48.5. The number of unbranched alkanes of at least 4 members (excludes halogenated alkanes) is 1. The molecule has 2 aromatic carbocycles. The summed E-state index contributed by atoms with van der Waals surface area (Å²) in [6, 6.07) is 13.3. The van der Waals surface area contributed by atoms with Crippen molar-refractivity contribution in [2.75, 3.05) is 14.2 Å². The fraction of sp³-hybridized carbons (Fsp3) is 0.500. The van der Waals surface area contributed by atoms with Crippen molar-refractivity contribution >= 4 is 24.0 Å². The summed E-state index contributed by atoms with van der Waals surface area (Å²) in [4.78, 5) is 71.4. The van der Waals surface area contributed by atoms with Crippen molar-refractivity contribution in [2.24, 2.45) is 11.8 Å². The number of likely N-dealkylation sites (tertiary alicyclic amines) is 1. The number of ether oxygens (including phenoxy) is 4. The van der Waals surface area contributed by atoms with Crippen molar-refractivity contribution in [1.82, 2.24) is 40.8 Å². The Hall–Kier alpha value is -6.62. The molecular weight excluding hydrogens is 865 g/mol. The number of nitrogens with zero attached hydrogens (tertiary/aromatic N) is 3. The van der Waals surface area contributed by atoms with Gasteiger partial charge in [-0.2, -0.15) is 0 Å². The van der Waals surface area contributed by atoms with E-state index in [1.54, 1.807) is 17.3 Å². The second kappa shape index (κ2) is 22.5. The van der Waals surface area contributed by atoms with Crippen LogP contribution in [-0.4, -0.2) is 106 Å². The highest BCUT2D eigenvalue weighted by atomic mass is 16.5. The second-order valence-corrected chi connectivity index (χ2v) is 18.4. The summed E-state index contributed by atoms with van der Waals surface area (Å²) in [7, 11) is 2.56. The molecule has 0 radical (unpaired) electrons. The third-order valence-electron chi connectivity index (χ3n) is 13.4. The van der Waals surface area contributed by atoms with Crippen LogP contribution in [0.4, 0.5) is 9.59 Å². The Bertz CT molecular complexity index is 2430. The van der Waals surface area contributed by atoms with Gasteiger partial charge in [0.2, 0.25) is 11.8 Å². The first-order chi connectivity index (χ1) is 32.8. The van der Waals surface area contributed by atoms with Crippen LogP contribution >= 0.6 is 0 Å². The number of H-pyrrole nitrogens is 2. The molecule has 3 fully saturated rings. The third-order valence-corrected chi connectivity index (χ3v) is 13.4. The van der Waals surface area contributed by atoms with Crippen LogP contribution in [0.1, 0.15) is 109 Å². The number of aromatic nitrogens is 4. The number of amides is 4. The van der Waals surface area contributed by atoms with Gasteiger partial charge in [-0.3, -0.25) is 9.59 Å². The highest BCUT2D eigenvalue weighted by molar-refractivity contribution is 5.87. The maximum atomic E-state index is 14.5. The first kappa shape index (κ1) is 49.3. The Kier molecular flexibility index (Phi) is 16.3. The number of benzene rings is 2. The van der Waals surface area contributed by atoms with E-state index in [1.807, 2.05) is 76.2 Å². The number of rotatable bonds is 15. The minimum atomic E-state index is -0.838. The van der Waals surface area contributed by atoms with E-state index < -0.39 is 42.4 Å². The molecule has 0 bridgehead atoms. The molecule has 0 spiro atoms. The second-order valence-electron chi connectivity index (χ2n) is 18.4. The van der Waals surface area contributed by atoms with Crippen molar-refractivity contribution < 1.29 is 38.1 Å². The summed E-state index contributed by atoms with van der Waals surface area (Å²) in [6.45, 7) is 7.89. The van der Waals surface area contributed by atoms with Gasteiger partial charge < -0.3 is 49.8 Å². The van der Waals surface area contributed by atoms with Gasteiger partial charge in [0.05, 0.1) is 80.5 Å². The van der Waals surface area contributed by atoms with E-state index in [4.69, 9.17) is 41.8 Å². The SMILES string of the molecule is C#CCCC[C@H](NC(=O)[C@@H](NC(=O)OC)C1C[C@@H](C)O[C@H](C)C1)c1ncc(-c2ccc(-c3ccc(-c4cnc([C@@H]5CC[C@@H](C#C)N5C(=O)[C@@H](NC(=O)OC)C5C[C@@H](C)O[C@H](C)C5)[nH]4)cc3)cc2)[nH]1. The first-order valence-corrected chi connectivity index (χ1v) is 23.6. The minimum absolute atomic E-state index is 0.0617. The summed E-state index contributed by atoms with van der Waals surface area (Å²) in [6.07, 6.45) is 18.9. The molecule has 360 valence electrons. The smallest absolute Gasteiger partial charge is 0.407 e. The summed E-state index contributed by atoms with van der Waals surface area (Å²) >= 11 is 0. The lowest BCUT2D eigenvalue weighted by Crippen LogP contribution is -2.55. The number of carbonyl (C=O) groups excluding carboxylic acids is 4. The molecule has 16 nitrogen and oxygen atoms in total. The van der Waals surface area contributed by atoms with Crippen molar-refractivity contribution in [3.05, 3.63) is 72.6 Å². The molecule has 7 rings (SSSR count). The van der Waals surface area contributed by atoms with Crippen molar-refractivity contribution in [2.45, 2.75) is 140 Å². The lowest BCUT2D eigenvalue weighted by atomic mass is 9.85. The van der Waals surface area contributed by atoms with Crippen LogP contribution in [0.2, 0.25) is 0 Å². The van der Waals surface area contributed by atoms with Gasteiger partial charge in [0.1, 0.15) is 23.7 Å². The number of hydrogen-bond acceptors (Lipinski definition) is 10. The number of imidazole rings is 2. The highest BCUT2D eigenvalue weighted by Gasteiger charge is 2.45. The monoisotopic (exact) mass is 928 g/mol. The molecule has 4 aromatic rings. The quantitative estimate of drug-likeness (QED) is 0.0584. The molecule has 9 atom stereocenters. The predicted octanol–water partition coefficient (Wildman–Crippen LogP) is 7.62. The Morgan fingerprint density at radius 2 is 1.22 bits per heavy atom. The minimum Gasteiger partial charge on any atom is -0.453 e. The van der Waals surface area contributed by atoms with Crippen LogP contribution < -0.4 is 16.0 Å². The lowest BCUT2D eigenvalue weighted by Gasteiger charge is -2.39. The maximum Gasteiger partial charge on any atom is 0.407 e. The fourth-order valence-electron chi connectivity index (χ4n) is 10.3. The highest BCUT2D eigenvalue weighted by Crippen LogP contribution is 2.39. The van der Waals surface area contributed by atoms with Crippen LogP contribution in [-0.2, 0) is 28.5 Å². The number of nitrogens with one attached hydrogen (secondary N) is 5. The van der Waals surface area contributed by atoms with Gasteiger partial charge in [-0.25, -0.2) is 19.6 Å². The van der Waals surface area contributed by atoms with Gasteiger partial charge in [-0.05, 0) is 113 Å². The molecule has 0 saturated carbocycles. The zero-order valence-electron chi connectivity index (χ0n) is 39.8. The average molecular weight is 929 g/mol. The van der Waals surface area contributed by atoms with Crippen LogP contribution in [0.3, 0.4) is 0 Å². The van der Waals surface area contributed by atoms with E-state index in [9.17, 15) is 19.2 Å². The molecule has 3 saturated heterocycles. The number of methoxy groups -OCH3 is 2. The standard InChI is InChI=1S/C52H64N8O8/c1-9-11-12-13-41(57-49(61)45(58-51(63)65-7)38-24-30(3)67-31(4)25-38)47-53-28-42(55-47)36-18-14-34(15-19-36)35-16-20-37(21-17-35)43-29-54-48(56-43)44-23-22-40(10-2)60(44)50(62)46(59-52(64)66-8)39-26-32(5)68-33(6)27-39/h1-2,14-21,28-33,38-41,44-46H,11-13,22-27H2,3-8H3,(H,53,55)(H,54,56)(H,57,61)(H,58,63)(H,59,64)/t30-,31-,32-,33-,40-,41+,44+,45+,46+/m1/s1. The Labute approximate surface area is 398 Å². The van der Waals surface area contributed by atoms with Gasteiger partial charge in [0, 0.05) is 6.42 Å². The van der Waals surface area contributed by atoms with Crippen molar-refractivity contribution in [1.29, 1.82) is 0 Å². The van der Waals surface area contributed by atoms with Crippen LogP contribution in [0.15, 0.2) is 60.9 Å². The van der Waals surface area contributed by atoms with E-state index in [0.29, 0.717) is 69.4 Å². The first-order valence-electron chi connectivity index (χ1n) is 23.6. The number of hydrogen-bond donors (Lipinski definition) is 5. The molecule has 5 N–H and O–H groups in total. The molecule has 68 heavy (non-hydrogen) atoms. The van der Waals surface area contributed by atoms with Crippen molar-refractivity contribution in [3.8, 4) is 58.3 Å². The van der Waals surface area contributed by atoms with E-state index in [0.717, 1.165) is 33.6 Å². The number of aromatic amines is 2. The van der Waals surface area contributed by atoms with E-state index in [1.165, 1.54) is 14.2 Å². The number of carbonyl (C=O) groups is 4. The van der Waals surface area contributed by atoms with Crippen LogP contribution in [0.25, 0.3) is 33.6 Å². The largest absolute Gasteiger partial charge is 0.453 e. The molecule has 0 aliphatic carbocycles. The summed E-state index contributed by atoms with van der Waals surface area (Å²) in [5.74, 6) is 5.80. The Balaban J connectivity index is 1.03. The third kappa shape index (κ3) is 11.7. The normalized spacial score (nSPS) is 24.9. The summed E-state index contributed by atoms with van der Waals surface area (Å²) in [5.41, 5.74) is 5.42. The molecule has 5 heterocycles. The molecule has 3 aliphatic heterocycles. The summed E-state index contributed by atoms with van der Waals surface area (Å²) in [5, 5.41) is 8.75. The van der Waals surface area contributed by atoms with E-state index in [2.05, 4.69) is 37.8 Å². The molecule has 2 aromatic heterocycles. The predicted molar refractivity (Wildman–Crippen MR) is 256 cm³/mol. The maximum absolute atomic E-state index is 14.5. The van der Waals surface area contributed by atoms with Gasteiger partial charge in [-0.1, -0.05) is 54.5 Å². The lowest BCUT2D eigenvalue weighted by molar-refractivity contribution is -0.139. The molecule has 0 unspecified atom stereocenters. The van der Waals surface area contributed by atoms with Gasteiger partial charge in [-0.15, -0.1) is 18.8 Å². The van der Waals surface area contributed by atoms with Gasteiger partial charge in [0.25, 0.3) is 0 Å². The average Bonchev–Trinajstić information content (AvgIpc) is 4.12. The zero-order valence-corrected chi connectivity index (χ0v) is 39.8. The summed E-state index contributed by atoms with van der Waals surface area (Å²) < 4.78 is 21.7. The van der Waals surface area contributed by atoms with Crippen LogP contribution in [0, 0.1) is 36.5 Å². The topological polar surface area (TPSA) is 202 Å². The van der Waals surface area contributed by atoms with E-state index in [-0.39, 0.29) is 48.1 Å². The molecular formula is C52H64N8O8. The number of alkyl carbamates (subject to hydrolysis) is 2. The van der Waals surface area contributed by atoms with E-state index >= 15 is 0 Å². The van der Waals surface area contributed by atoms with Crippen LogP contribution in [0.5, 0.6) is 0 Å². The van der Waals surface area contributed by atoms with Gasteiger partial charge >= 0.3 is 12.2 Å².